The van der Waals surface area contributed by atoms with Crippen LogP contribution in [0.15, 0.2) is 40.2 Å². The minimum absolute atomic E-state index is 0.152. The minimum Gasteiger partial charge on any atom is -0.307 e. The SMILES string of the molecule is O=C1NC(=O)C2C1Sc1[nH]c(=O)sc1C2c1ccccc1. The van der Waals surface area contributed by atoms with E-state index in [1.54, 1.807) is 0 Å². The number of amides is 2. The number of carbonyl (C=O) groups excluding carboxylic acids is 2. The highest BCUT2D eigenvalue weighted by molar-refractivity contribution is 8.00. The van der Waals surface area contributed by atoms with Crippen LogP contribution in [0.3, 0.4) is 0 Å². The molecule has 0 radical (unpaired) electrons. The third-order valence-electron chi connectivity index (χ3n) is 3.82. The molecule has 21 heavy (non-hydrogen) atoms. The van der Waals surface area contributed by atoms with Crippen molar-refractivity contribution in [3.63, 3.8) is 0 Å². The summed E-state index contributed by atoms with van der Waals surface area (Å²) in [5.74, 6) is -1.22. The minimum atomic E-state index is -0.472. The Balaban J connectivity index is 1.93. The molecule has 1 aromatic carbocycles. The van der Waals surface area contributed by atoms with Gasteiger partial charge in [0.05, 0.1) is 10.9 Å². The predicted molar refractivity (Wildman–Crippen MR) is 79.5 cm³/mol. The number of H-pyrrole nitrogens is 1. The summed E-state index contributed by atoms with van der Waals surface area (Å²) in [5, 5.41) is 2.65. The number of carbonyl (C=O) groups is 2. The summed E-state index contributed by atoms with van der Waals surface area (Å²) < 4.78 is 0. The van der Waals surface area contributed by atoms with Gasteiger partial charge in [-0.05, 0) is 5.56 Å². The number of nitrogens with one attached hydrogen (secondary N) is 2. The van der Waals surface area contributed by atoms with Gasteiger partial charge in [-0.3, -0.25) is 19.7 Å². The van der Waals surface area contributed by atoms with Crippen LogP contribution in [0.2, 0.25) is 0 Å². The molecule has 106 valence electrons. The van der Waals surface area contributed by atoms with Crippen molar-refractivity contribution >= 4 is 34.9 Å². The summed E-state index contributed by atoms with van der Waals surface area (Å²) in [6, 6.07) is 9.56. The molecule has 3 unspecified atom stereocenters. The molecule has 2 aliphatic heterocycles. The van der Waals surface area contributed by atoms with Crippen molar-refractivity contribution in [3.05, 3.63) is 50.4 Å². The third kappa shape index (κ3) is 1.88. The third-order valence-corrected chi connectivity index (χ3v) is 6.23. The van der Waals surface area contributed by atoms with E-state index in [4.69, 9.17) is 0 Å². The van der Waals surface area contributed by atoms with E-state index < -0.39 is 11.2 Å². The molecular formula is C14H10N2O3S2. The number of aromatic nitrogens is 1. The lowest BCUT2D eigenvalue weighted by atomic mass is 9.83. The van der Waals surface area contributed by atoms with Gasteiger partial charge in [0.25, 0.3) is 0 Å². The molecule has 2 N–H and O–H groups in total. The zero-order valence-electron chi connectivity index (χ0n) is 10.7. The average molecular weight is 318 g/mol. The Bertz CT molecular complexity index is 796. The molecular weight excluding hydrogens is 308 g/mol. The number of benzene rings is 1. The molecule has 1 saturated heterocycles. The number of thioether (sulfide) groups is 1. The molecule has 2 aromatic rings. The van der Waals surface area contributed by atoms with E-state index in [1.165, 1.54) is 11.8 Å². The van der Waals surface area contributed by atoms with Crippen molar-refractivity contribution in [2.24, 2.45) is 5.92 Å². The average Bonchev–Trinajstić information content (AvgIpc) is 2.97. The number of rotatable bonds is 1. The summed E-state index contributed by atoms with van der Waals surface area (Å²) >= 11 is 2.40. The highest BCUT2D eigenvalue weighted by Crippen LogP contribution is 2.50. The molecule has 0 aliphatic carbocycles. The molecule has 0 spiro atoms. The smallest absolute Gasteiger partial charge is 0.305 e. The molecule has 0 saturated carbocycles. The monoisotopic (exact) mass is 318 g/mol. The second kappa shape index (κ2) is 4.57. The van der Waals surface area contributed by atoms with E-state index in [9.17, 15) is 14.4 Å². The summed E-state index contributed by atoms with van der Waals surface area (Å²) in [6.45, 7) is 0. The first-order chi connectivity index (χ1) is 10.1. The van der Waals surface area contributed by atoms with Gasteiger partial charge in [-0.25, -0.2) is 0 Å². The first-order valence-electron chi connectivity index (χ1n) is 6.44. The molecule has 5 nitrogen and oxygen atoms in total. The number of imide groups is 1. The van der Waals surface area contributed by atoms with E-state index in [1.807, 2.05) is 30.3 Å². The van der Waals surface area contributed by atoms with Crippen LogP contribution in [-0.2, 0) is 9.59 Å². The van der Waals surface area contributed by atoms with Gasteiger partial charge in [0, 0.05) is 10.8 Å². The van der Waals surface area contributed by atoms with Crippen LogP contribution >= 0.6 is 23.1 Å². The molecule has 3 atom stereocenters. The standard InChI is InChI=1S/C14H10N2O3S2/c17-11-8-7(6-4-2-1-3-5-6)10-13(16-14(19)21-10)20-9(8)12(18)15-11/h1-5,7-9H,(H,16,19)(H,15,17,18). The van der Waals surface area contributed by atoms with Gasteiger partial charge in [0.1, 0.15) is 5.25 Å². The van der Waals surface area contributed by atoms with Crippen molar-refractivity contribution in [1.29, 1.82) is 0 Å². The summed E-state index contributed by atoms with van der Waals surface area (Å²) in [4.78, 5) is 39.3. The molecule has 2 aliphatic rings. The first kappa shape index (κ1) is 12.8. The van der Waals surface area contributed by atoms with Crippen molar-refractivity contribution in [2.75, 3.05) is 0 Å². The molecule has 1 aromatic heterocycles. The Morgan fingerprint density at radius 2 is 1.76 bits per heavy atom. The maximum atomic E-state index is 12.2. The maximum absolute atomic E-state index is 12.2. The molecule has 7 heteroatoms. The zero-order chi connectivity index (χ0) is 14.6. The van der Waals surface area contributed by atoms with Crippen LogP contribution in [0, 0.1) is 5.92 Å². The predicted octanol–water partition coefficient (Wildman–Crippen LogP) is 1.32. The van der Waals surface area contributed by atoms with E-state index in [2.05, 4.69) is 10.3 Å². The van der Waals surface area contributed by atoms with Gasteiger partial charge < -0.3 is 4.98 Å². The molecule has 1 fully saturated rings. The molecule has 2 amide bonds. The lowest BCUT2D eigenvalue weighted by Gasteiger charge is -2.29. The Morgan fingerprint density at radius 3 is 2.52 bits per heavy atom. The number of hydrogen-bond acceptors (Lipinski definition) is 5. The van der Waals surface area contributed by atoms with Gasteiger partial charge in [-0.2, -0.15) is 0 Å². The maximum Gasteiger partial charge on any atom is 0.305 e. The Kier molecular flexibility index (Phi) is 2.80. The van der Waals surface area contributed by atoms with Gasteiger partial charge >= 0.3 is 4.87 Å². The highest BCUT2D eigenvalue weighted by atomic mass is 32.2. The van der Waals surface area contributed by atoms with Gasteiger partial charge in [0.2, 0.25) is 11.8 Å². The van der Waals surface area contributed by atoms with Crippen LogP contribution in [-0.4, -0.2) is 22.0 Å². The summed E-state index contributed by atoms with van der Waals surface area (Å²) in [5.41, 5.74) is 0.953. The van der Waals surface area contributed by atoms with Crippen LogP contribution < -0.4 is 10.2 Å². The largest absolute Gasteiger partial charge is 0.307 e. The summed E-state index contributed by atoms with van der Waals surface area (Å²) in [6.07, 6.45) is 0. The number of hydrogen-bond donors (Lipinski definition) is 2. The van der Waals surface area contributed by atoms with Crippen molar-refractivity contribution in [3.8, 4) is 0 Å². The second-order valence-corrected chi connectivity index (χ2v) is 7.18. The fourth-order valence-corrected chi connectivity index (χ4v) is 5.44. The van der Waals surface area contributed by atoms with Crippen LogP contribution in [0.5, 0.6) is 0 Å². The number of thiazole rings is 1. The molecule has 3 heterocycles. The Hall–Kier alpha value is -1.86. The quantitative estimate of drug-likeness (QED) is 0.777. The van der Waals surface area contributed by atoms with Crippen molar-refractivity contribution < 1.29 is 9.59 Å². The van der Waals surface area contributed by atoms with Gasteiger partial charge in [-0.15, -0.1) is 0 Å². The molecule has 4 rings (SSSR count). The van der Waals surface area contributed by atoms with Gasteiger partial charge in [-0.1, -0.05) is 53.4 Å². The fourth-order valence-electron chi connectivity index (χ4n) is 2.96. The second-order valence-electron chi connectivity index (χ2n) is 5.01. The number of fused-ring (bicyclic) bond motifs is 2. The van der Waals surface area contributed by atoms with Crippen LogP contribution in [0.25, 0.3) is 0 Å². The van der Waals surface area contributed by atoms with Crippen molar-refractivity contribution in [1.82, 2.24) is 10.3 Å². The normalized spacial score (nSPS) is 27.1. The van der Waals surface area contributed by atoms with E-state index >= 15 is 0 Å². The van der Waals surface area contributed by atoms with Gasteiger partial charge in [0.15, 0.2) is 0 Å². The first-order valence-corrected chi connectivity index (χ1v) is 8.14. The van der Waals surface area contributed by atoms with E-state index in [0.29, 0.717) is 5.03 Å². The fraction of sp³-hybridized carbons (Fsp3) is 0.214. The van der Waals surface area contributed by atoms with E-state index in [0.717, 1.165) is 21.8 Å². The van der Waals surface area contributed by atoms with Crippen LogP contribution in [0.1, 0.15) is 16.4 Å². The Morgan fingerprint density at radius 1 is 1.00 bits per heavy atom. The van der Waals surface area contributed by atoms with Crippen molar-refractivity contribution in [2.45, 2.75) is 16.2 Å². The lowest BCUT2D eigenvalue weighted by molar-refractivity contribution is -0.125. The zero-order valence-corrected chi connectivity index (χ0v) is 12.3. The highest BCUT2D eigenvalue weighted by Gasteiger charge is 2.52. The number of aromatic amines is 1. The summed E-state index contributed by atoms with van der Waals surface area (Å²) in [7, 11) is 0. The van der Waals surface area contributed by atoms with Crippen LogP contribution in [0.4, 0.5) is 0 Å². The van der Waals surface area contributed by atoms with E-state index in [-0.39, 0.29) is 22.6 Å². The topological polar surface area (TPSA) is 79.0 Å². The molecule has 0 bridgehead atoms. The lowest BCUT2D eigenvalue weighted by Crippen LogP contribution is -2.31. The Labute approximate surface area is 127 Å².